The van der Waals surface area contributed by atoms with Gasteiger partial charge in [0.05, 0.1) is 29.3 Å². The lowest BCUT2D eigenvalue weighted by Crippen LogP contribution is -2.39. The number of para-hydroxylation sites is 1. The summed E-state index contributed by atoms with van der Waals surface area (Å²) in [5, 5.41) is 4.46. The van der Waals surface area contributed by atoms with Crippen LogP contribution in [0, 0.1) is 13.8 Å². The zero-order chi connectivity index (χ0) is 22.3. The molecule has 31 heavy (non-hydrogen) atoms. The first kappa shape index (κ1) is 22.5. The molecular formula is C21H21Cl2N3O3S2. The number of halogens is 2. The Kier molecular flexibility index (Phi) is 6.27. The molecule has 1 fully saturated rings. The lowest BCUT2D eigenvalue weighted by molar-refractivity contribution is -0.113. The quantitative estimate of drug-likeness (QED) is 0.679. The van der Waals surface area contributed by atoms with Gasteiger partial charge in [0.15, 0.2) is 15.0 Å². The molecule has 1 saturated heterocycles. The second-order valence-corrected chi connectivity index (χ2v) is 11.7. The number of hydrogen-bond acceptors (Lipinski definition) is 6. The zero-order valence-corrected chi connectivity index (χ0v) is 20.1. The summed E-state index contributed by atoms with van der Waals surface area (Å²) < 4.78 is 24.4. The van der Waals surface area contributed by atoms with E-state index < -0.39 is 9.84 Å². The fourth-order valence-corrected chi connectivity index (χ4v) is 7.21. The summed E-state index contributed by atoms with van der Waals surface area (Å²) in [6.07, 6.45) is 0. The number of sulfone groups is 1. The van der Waals surface area contributed by atoms with E-state index in [4.69, 9.17) is 23.2 Å². The number of benzene rings is 2. The number of rotatable bonds is 4. The van der Waals surface area contributed by atoms with E-state index in [-0.39, 0.29) is 35.2 Å². The monoisotopic (exact) mass is 497 g/mol. The molecule has 2 atom stereocenters. The van der Waals surface area contributed by atoms with Gasteiger partial charge in [-0.3, -0.25) is 9.79 Å². The van der Waals surface area contributed by atoms with Crippen molar-refractivity contribution in [2.45, 2.75) is 25.9 Å². The number of aryl methyl sites for hydroxylation is 2. The second-order valence-electron chi connectivity index (χ2n) is 7.72. The highest BCUT2D eigenvalue weighted by atomic mass is 35.5. The zero-order valence-electron chi connectivity index (χ0n) is 16.9. The van der Waals surface area contributed by atoms with Crippen molar-refractivity contribution in [1.82, 2.24) is 0 Å². The van der Waals surface area contributed by atoms with Crippen LogP contribution < -0.4 is 10.2 Å². The van der Waals surface area contributed by atoms with Crippen LogP contribution in [-0.2, 0) is 14.6 Å². The summed E-state index contributed by atoms with van der Waals surface area (Å²) >= 11 is 13.6. The van der Waals surface area contributed by atoms with Gasteiger partial charge in [-0.05, 0) is 43.2 Å². The van der Waals surface area contributed by atoms with Crippen molar-refractivity contribution < 1.29 is 13.2 Å². The molecule has 1 amide bonds. The number of nitrogens with one attached hydrogen (secondary N) is 1. The van der Waals surface area contributed by atoms with Gasteiger partial charge in [0.2, 0.25) is 5.91 Å². The van der Waals surface area contributed by atoms with Crippen molar-refractivity contribution in [3.63, 3.8) is 0 Å². The molecular weight excluding hydrogens is 477 g/mol. The maximum Gasteiger partial charge on any atom is 0.234 e. The first-order valence-corrected chi connectivity index (χ1v) is 13.2. The lowest BCUT2D eigenvalue weighted by Gasteiger charge is -2.26. The maximum atomic E-state index is 12.6. The Labute approximate surface area is 195 Å². The van der Waals surface area contributed by atoms with Crippen LogP contribution in [-0.4, -0.2) is 48.8 Å². The molecule has 2 aromatic rings. The van der Waals surface area contributed by atoms with Crippen molar-refractivity contribution in [1.29, 1.82) is 0 Å². The van der Waals surface area contributed by atoms with Crippen molar-refractivity contribution >= 4 is 67.3 Å². The van der Waals surface area contributed by atoms with Gasteiger partial charge < -0.3 is 10.2 Å². The summed E-state index contributed by atoms with van der Waals surface area (Å²) in [6.45, 7) is 3.89. The highest BCUT2D eigenvalue weighted by Gasteiger charge is 2.47. The summed E-state index contributed by atoms with van der Waals surface area (Å²) in [7, 11) is -3.17. The third kappa shape index (κ3) is 4.87. The average Bonchev–Trinajstić information content (AvgIpc) is 3.13. The Balaban J connectivity index is 1.55. The molecule has 164 valence electrons. The molecule has 10 heteroatoms. The highest BCUT2D eigenvalue weighted by molar-refractivity contribution is 8.14. The van der Waals surface area contributed by atoms with Crippen molar-refractivity contribution in [2.75, 3.05) is 27.5 Å². The topological polar surface area (TPSA) is 78.8 Å². The van der Waals surface area contributed by atoms with E-state index in [1.165, 1.54) is 11.8 Å². The fraction of sp³-hybridized carbons (Fsp3) is 0.333. The van der Waals surface area contributed by atoms with Crippen LogP contribution in [0.2, 0.25) is 10.0 Å². The lowest BCUT2D eigenvalue weighted by atomic mass is 10.1. The predicted octanol–water partition coefficient (Wildman–Crippen LogP) is 4.32. The number of fused-ring (bicyclic) bond motifs is 1. The van der Waals surface area contributed by atoms with E-state index in [2.05, 4.69) is 10.3 Å². The van der Waals surface area contributed by atoms with Gasteiger partial charge >= 0.3 is 0 Å². The molecule has 0 bridgehead atoms. The van der Waals surface area contributed by atoms with E-state index in [1.54, 1.807) is 18.2 Å². The maximum absolute atomic E-state index is 12.6. The number of anilines is 2. The van der Waals surface area contributed by atoms with E-state index in [0.717, 1.165) is 16.8 Å². The Hall–Kier alpha value is -1.74. The number of carbonyl (C=O) groups is 1. The molecule has 0 saturated carbocycles. The molecule has 0 radical (unpaired) electrons. The minimum atomic E-state index is -3.17. The third-order valence-electron chi connectivity index (χ3n) is 5.31. The highest BCUT2D eigenvalue weighted by Crippen LogP contribution is 2.37. The number of carbonyl (C=O) groups excluding carboxylic acids is 1. The van der Waals surface area contributed by atoms with Gasteiger partial charge in [0.25, 0.3) is 0 Å². The van der Waals surface area contributed by atoms with Gasteiger partial charge in [0, 0.05) is 21.4 Å². The summed E-state index contributed by atoms with van der Waals surface area (Å²) in [5.41, 5.74) is 3.46. The van der Waals surface area contributed by atoms with Crippen LogP contribution in [0.5, 0.6) is 0 Å². The molecule has 0 spiro atoms. The fourth-order valence-electron chi connectivity index (χ4n) is 3.93. The largest absolute Gasteiger partial charge is 0.325 e. The Morgan fingerprint density at radius 1 is 1.16 bits per heavy atom. The van der Waals surface area contributed by atoms with Crippen LogP contribution >= 0.6 is 35.0 Å². The molecule has 2 aromatic carbocycles. The summed E-state index contributed by atoms with van der Waals surface area (Å²) in [6, 6.07) is 10.2. The van der Waals surface area contributed by atoms with Crippen LogP contribution in [0.3, 0.4) is 0 Å². The van der Waals surface area contributed by atoms with Gasteiger partial charge in [-0.15, -0.1) is 0 Å². The molecule has 0 aliphatic carbocycles. The van der Waals surface area contributed by atoms with Crippen molar-refractivity contribution in [2.24, 2.45) is 4.99 Å². The van der Waals surface area contributed by atoms with Crippen LogP contribution in [0.1, 0.15) is 11.1 Å². The first-order chi connectivity index (χ1) is 14.6. The molecule has 6 nitrogen and oxygen atoms in total. The van der Waals surface area contributed by atoms with Gasteiger partial charge in [-0.25, -0.2) is 8.42 Å². The second kappa shape index (κ2) is 8.65. The molecule has 2 aliphatic rings. The SMILES string of the molecule is Cc1cccc(C)c1NC(=O)CSC1=N[C@@H]2CS(=O)(=O)C[C@@H]2N1c1cc(Cl)cc(Cl)c1. The smallest absolute Gasteiger partial charge is 0.234 e. The molecule has 4 rings (SSSR count). The van der Waals surface area contributed by atoms with Crippen LogP contribution in [0.15, 0.2) is 41.4 Å². The number of hydrogen-bond donors (Lipinski definition) is 1. The van der Waals surface area contributed by atoms with Crippen LogP contribution in [0.4, 0.5) is 11.4 Å². The number of thioether (sulfide) groups is 1. The van der Waals surface area contributed by atoms with Crippen molar-refractivity contribution in [3.8, 4) is 0 Å². The minimum absolute atomic E-state index is 0.00112. The summed E-state index contributed by atoms with van der Waals surface area (Å²) in [5.74, 6) is -0.00633. The normalized spacial score (nSPS) is 21.7. The Morgan fingerprint density at radius 3 is 2.45 bits per heavy atom. The number of nitrogens with zero attached hydrogens (tertiary/aromatic N) is 2. The Morgan fingerprint density at radius 2 is 1.81 bits per heavy atom. The molecule has 0 aromatic heterocycles. The molecule has 1 N–H and O–H groups in total. The third-order valence-corrected chi connectivity index (χ3v) is 8.41. The number of aliphatic imine (C=N–C) groups is 1. The first-order valence-electron chi connectivity index (χ1n) is 9.65. The van der Waals surface area contributed by atoms with Crippen LogP contribution in [0.25, 0.3) is 0 Å². The minimum Gasteiger partial charge on any atom is -0.325 e. The van der Waals surface area contributed by atoms with E-state index in [0.29, 0.717) is 20.9 Å². The molecule has 0 unspecified atom stereocenters. The number of amides is 1. The van der Waals surface area contributed by atoms with Gasteiger partial charge in [-0.2, -0.15) is 0 Å². The van der Waals surface area contributed by atoms with Crippen molar-refractivity contribution in [3.05, 3.63) is 57.6 Å². The van der Waals surface area contributed by atoms with E-state index in [1.807, 2.05) is 36.9 Å². The molecule has 2 aliphatic heterocycles. The van der Waals surface area contributed by atoms with E-state index in [9.17, 15) is 13.2 Å². The van der Waals surface area contributed by atoms with Gasteiger partial charge in [0.1, 0.15) is 0 Å². The number of amidine groups is 1. The summed E-state index contributed by atoms with van der Waals surface area (Å²) in [4.78, 5) is 19.1. The van der Waals surface area contributed by atoms with E-state index >= 15 is 0 Å². The van der Waals surface area contributed by atoms with Gasteiger partial charge in [-0.1, -0.05) is 53.2 Å². The predicted molar refractivity (Wildman–Crippen MR) is 130 cm³/mol. The Bertz CT molecular complexity index is 1140. The standard InChI is InChI=1S/C21H21Cl2N3O3S2/c1-12-4-3-5-13(2)20(12)25-19(27)9-30-21-24-17-10-31(28,29)11-18(17)26(21)16-7-14(22)6-15(23)8-16/h3-8,17-18H,9-11H2,1-2H3,(H,25,27)/t17-,18+/m1/s1. The molecule has 2 heterocycles. The average molecular weight is 498 g/mol.